The fourth-order valence-corrected chi connectivity index (χ4v) is 6.06. The summed E-state index contributed by atoms with van der Waals surface area (Å²) in [5.74, 6) is 3.76. The van der Waals surface area contributed by atoms with E-state index in [2.05, 4.69) is 20.8 Å². The molecule has 0 N–H and O–H groups in total. The van der Waals surface area contributed by atoms with Crippen LogP contribution in [0.3, 0.4) is 0 Å². The number of benzene rings is 2. The summed E-state index contributed by atoms with van der Waals surface area (Å²) in [6.07, 6.45) is 0. The van der Waals surface area contributed by atoms with Crippen LogP contribution in [0.1, 0.15) is 31.1 Å². The highest BCUT2D eigenvalue weighted by atomic mass is 32.2. The third kappa shape index (κ3) is 4.68. The van der Waals surface area contributed by atoms with E-state index in [1.807, 2.05) is 54.6 Å². The summed E-state index contributed by atoms with van der Waals surface area (Å²) >= 11 is 0. The Kier molecular flexibility index (Phi) is 6.05. The fraction of sp³-hybridized carbons (Fsp3) is 0.409. The van der Waals surface area contributed by atoms with E-state index in [9.17, 15) is 4.79 Å². The molecule has 0 aromatic heterocycles. The number of ketones is 1. The van der Waals surface area contributed by atoms with Gasteiger partial charge in [-0.15, -0.1) is 0 Å². The van der Waals surface area contributed by atoms with Crippen LogP contribution >= 0.6 is 0 Å². The molecule has 138 valence electrons. The number of ether oxygens (including phenoxy) is 2. The predicted molar refractivity (Wildman–Crippen MR) is 108 cm³/mol. The molecule has 0 bridgehead atoms. The Balaban J connectivity index is 1.76. The van der Waals surface area contributed by atoms with Crippen molar-refractivity contribution in [3.63, 3.8) is 0 Å². The molecule has 1 unspecified atom stereocenters. The van der Waals surface area contributed by atoms with Gasteiger partial charge in [-0.1, -0.05) is 39.0 Å². The first-order valence-electron chi connectivity index (χ1n) is 9.06. The van der Waals surface area contributed by atoms with Gasteiger partial charge in [0.15, 0.2) is 5.25 Å². The first kappa shape index (κ1) is 19.0. The van der Waals surface area contributed by atoms with Gasteiger partial charge in [0.1, 0.15) is 23.0 Å². The van der Waals surface area contributed by atoms with Gasteiger partial charge in [0, 0.05) is 21.9 Å². The van der Waals surface area contributed by atoms with Crippen LogP contribution in [0.5, 0.6) is 11.5 Å². The van der Waals surface area contributed by atoms with Gasteiger partial charge in [-0.05, 0) is 36.4 Å². The lowest BCUT2D eigenvalue weighted by Crippen LogP contribution is -2.47. The van der Waals surface area contributed by atoms with Crippen LogP contribution in [-0.2, 0) is 15.6 Å². The molecule has 1 fully saturated rings. The molecule has 1 saturated heterocycles. The van der Waals surface area contributed by atoms with E-state index in [0.29, 0.717) is 0 Å². The monoisotopic (exact) mass is 371 g/mol. The first-order valence-corrected chi connectivity index (χ1v) is 10.7. The Bertz CT molecular complexity index is 713. The maximum Gasteiger partial charge on any atom is 0.215 e. The van der Waals surface area contributed by atoms with Crippen molar-refractivity contribution < 1.29 is 14.3 Å². The second-order valence-electron chi connectivity index (χ2n) is 7.61. The van der Waals surface area contributed by atoms with Crippen molar-refractivity contribution in [2.45, 2.75) is 26.0 Å². The molecule has 2 aromatic carbocycles. The lowest BCUT2D eigenvalue weighted by molar-refractivity contribution is 0.0946. The van der Waals surface area contributed by atoms with Crippen LogP contribution in [0, 0.1) is 5.41 Å². The van der Waals surface area contributed by atoms with Crippen molar-refractivity contribution in [2.75, 3.05) is 24.7 Å². The zero-order valence-corrected chi connectivity index (χ0v) is 16.6. The molecular weight excluding hydrogens is 344 g/mol. The number of hydrogen-bond acceptors (Lipinski definition) is 3. The number of Topliss-reactive ketones (excluding diaryl/α,β-unsaturated/α-hetero) is 1. The summed E-state index contributed by atoms with van der Waals surface area (Å²) in [6, 6.07) is 17.2. The minimum Gasteiger partial charge on any atom is -0.457 e. The van der Waals surface area contributed by atoms with Gasteiger partial charge < -0.3 is 9.47 Å². The lowest BCUT2D eigenvalue weighted by Gasteiger charge is -2.31. The molecule has 0 aliphatic carbocycles. The van der Waals surface area contributed by atoms with Crippen LogP contribution in [0.2, 0.25) is 0 Å². The fourth-order valence-electron chi connectivity index (χ4n) is 3.28. The zero-order chi connectivity index (χ0) is 18.6. The number of hydrogen-bond donors (Lipinski definition) is 0. The van der Waals surface area contributed by atoms with Gasteiger partial charge in [0.2, 0.25) is 5.78 Å². The molecular formula is C22H27O3S+. The molecule has 1 aliphatic rings. The second-order valence-corrected chi connectivity index (χ2v) is 9.97. The van der Waals surface area contributed by atoms with E-state index in [1.165, 1.54) is 0 Å². The smallest absolute Gasteiger partial charge is 0.215 e. The standard InChI is InChI=1S/C22H27O3S/c1-22(2,3)21(26-15-13-24-14-16-26)20(23)17-9-11-19(12-10-17)25-18-7-5-4-6-8-18/h4-12,21H,13-16H2,1-3H3/q+1. The second kappa shape index (κ2) is 8.28. The largest absolute Gasteiger partial charge is 0.457 e. The molecule has 2 aromatic rings. The summed E-state index contributed by atoms with van der Waals surface area (Å²) < 4.78 is 11.3. The molecule has 26 heavy (non-hydrogen) atoms. The predicted octanol–water partition coefficient (Wildman–Crippen LogP) is 4.72. The molecule has 4 heteroatoms. The highest BCUT2D eigenvalue weighted by Crippen LogP contribution is 2.32. The molecule has 1 aliphatic heterocycles. The maximum absolute atomic E-state index is 13.3. The van der Waals surface area contributed by atoms with E-state index < -0.39 is 0 Å². The maximum atomic E-state index is 13.3. The molecule has 3 nitrogen and oxygen atoms in total. The Morgan fingerprint density at radius 3 is 2.12 bits per heavy atom. The van der Waals surface area contributed by atoms with Gasteiger partial charge >= 0.3 is 0 Å². The van der Waals surface area contributed by atoms with Gasteiger partial charge in [-0.25, -0.2) is 0 Å². The van der Waals surface area contributed by atoms with Crippen LogP contribution in [0.15, 0.2) is 54.6 Å². The van der Waals surface area contributed by atoms with Crippen LogP contribution in [0.25, 0.3) is 0 Å². The Morgan fingerprint density at radius 1 is 0.962 bits per heavy atom. The van der Waals surface area contributed by atoms with Crippen LogP contribution < -0.4 is 4.74 Å². The zero-order valence-electron chi connectivity index (χ0n) is 15.7. The number of rotatable bonds is 5. The third-order valence-corrected chi connectivity index (χ3v) is 7.43. The van der Waals surface area contributed by atoms with Crippen molar-refractivity contribution in [2.24, 2.45) is 5.41 Å². The third-order valence-electron chi connectivity index (χ3n) is 4.46. The summed E-state index contributed by atoms with van der Waals surface area (Å²) in [7, 11) is 0.0749. The van der Waals surface area contributed by atoms with Crippen molar-refractivity contribution in [3.05, 3.63) is 60.2 Å². The molecule has 0 radical (unpaired) electrons. The summed E-state index contributed by atoms with van der Waals surface area (Å²) in [5.41, 5.74) is 0.709. The molecule has 1 atom stereocenters. The van der Waals surface area contributed by atoms with E-state index in [-0.39, 0.29) is 27.3 Å². The molecule has 0 saturated carbocycles. The van der Waals surface area contributed by atoms with E-state index in [1.54, 1.807) is 0 Å². The van der Waals surface area contributed by atoms with Gasteiger partial charge in [0.05, 0.1) is 13.2 Å². The molecule has 3 rings (SSSR count). The number of para-hydroxylation sites is 1. The van der Waals surface area contributed by atoms with Crippen molar-refractivity contribution >= 4 is 16.7 Å². The van der Waals surface area contributed by atoms with Crippen molar-refractivity contribution in [1.29, 1.82) is 0 Å². The quantitative estimate of drug-likeness (QED) is 0.563. The average molecular weight is 372 g/mol. The lowest BCUT2D eigenvalue weighted by atomic mass is 9.87. The van der Waals surface area contributed by atoms with Gasteiger partial charge in [0.25, 0.3) is 0 Å². The Hall–Kier alpha value is -1.78. The van der Waals surface area contributed by atoms with E-state index in [4.69, 9.17) is 9.47 Å². The normalized spacial score (nSPS) is 16.9. The Morgan fingerprint density at radius 2 is 1.54 bits per heavy atom. The van der Waals surface area contributed by atoms with Gasteiger partial charge in [-0.3, -0.25) is 4.79 Å². The van der Waals surface area contributed by atoms with Crippen LogP contribution in [0.4, 0.5) is 0 Å². The Labute approximate surface area is 159 Å². The van der Waals surface area contributed by atoms with E-state index >= 15 is 0 Å². The number of carbonyl (C=O) groups is 1. The molecule has 0 amide bonds. The minimum atomic E-state index is -0.0588. The highest BCUT2D eigenvalue weighted by molar-refractivity contribution is 7.98. The van der Waals surface area contributed by atoms with Crippen molar-refractivity contribution in [3.8, 4) is 11.5 Å². The topological polar surface area (TPSA) is 35.5 Å². The summed E-state index contributed by atoms with van der Waals surface area (Å²) in [5, 5.41) is 0.0345. The summed E-state index contributed by atoms with van der Waals surface area (Å²) in [6.45, 7) is 8.06. The number of carbonyl (C=O) groups excluding carboxylic acids is 1. The summed E-state index contributed by atoms with van der Waals surface area (Å²) in [4.78, 5) is 13.3. The first-order chi connectivity index (χ1) is 12.4. The molecule has 1 heterocycles. The highest BCUT2D eigenvalue weighted by Gasteiger charge is 2.46. The molecule has 0 spiro atoms. The average Bonchev–Trinajstić information content (AvgIpc) is 2.63. The minimum absolute atomic E-state index is 0.0345. The van der Waals surface area contributed by atoms with Gasteiger partial charge in [-0.2, -0.15) is 0 Å². The van der Waals surface area contributed by atoms with E-state index in [0.717, 1.165) is 41.8 Å². The van der Waals surface area contributed by atoms with Crippen LogP contribution in [-0.4, -0.2) is 35.8 Å². The SMILES string of the molecule is CC(C)(C)C(C(=O)c1ccc(Oc2ccccc2)cc1)[S+]1CCOCC1. The van der Waals surface area contributed by atoms with Crippen molar-refractivity contribution in [1.82, 2.24) is 0 Å².